The fraction of sp³-hybridized carbons (Fsp3) is 0.333. The molecule has 0 fully saturated rings. The molecule has 1 N–H and O–H groups in total. The SMILES string of the molecule is CCc1ccc(C(O)Cc2ccc(Cl)s2)o1. The average Bonchev–Trinajstić information content (AvgIpc) is 2.87. The van der Waals surface area contributed by atoms with Crippen LogP contribution in [-0.2, 0) is 12.8 Å². The number of furan rings is 1. The third-order valence-electron chi connectivity index (χ3n) is 2.38. The summed E-state index contributed by atoms with van der Waals surface area (Å²) >= 11 is 7.32. The molecule has 16 heavy (non-hydrogen) atoms. The number of aliphatic hydroxyl groups excluding tert-OH is 1. The Kier molecular flexibility index (Phi) is 3.69. The number of hydrogen-bond acceptors (Lipinski definition) is 3. The van der Waals surface area contributed by atoms with Gasteiger partial charge in [-0.3, -0.25) is 0 Å². The Hall–Kier alpha value is -0.770. The summed E-state index contributed by atoms with van der Waals surface area (Å²) in [6, 6.07) is 7.51. The molecular formula is C12H13ClO2S. The quantitative estimate of drug-likeness (QED) is 0.902. The maximum Gasteiger partial charge on any atom is 0.133 e. The van der Waals surface area contributed by atoms with Crippen LogP contribution in [0.4, 0.5) is 0 Å². The van der Waals surface area contributed by atoms with Crippen LogP contribution in [0.3, 0.4) is 0 Å². The average molecular weight is 257 g/mol. The van der Waals surface area contributed by atoms with E-state index in [1.165, 1.54) is 11.3 Å². The van der Waals surface area contributed by atoms with Crippen molar-refractivity contribution in [2.45, 2.75) is 25.9 Å². The molecule has 0 aliphatic heterocycles. The lowest BCUT2D eigenvalue weighted by Gasteiger charge is -2.05. The van der Waals surface area contributed by atoms with Crippen LogP contribution >= 0.6 is 22.9 Å². The van der Waals surface area contributed by atoms with Gasteiger partial charge in [0.15, 0.2) is 0 Å². The molecule has 2 aromatic rings. The molecule has 0 spiro atoms. The highest BCUT2D eigenvalue weighted by molar-refractivity contribution is 7.16. The Morgan fingerprint density at radius 1 is 1.38 bits per heavy atom. The lowest BCUT2D eigenvalue weighted by molar-refractivity contribution is 0.149. The molecule has 2 heterocycles. The number of aryl methyl sites for hydroxylation is 1. The lowest BCUT2D eigenvalue weighted by atomic mass is 10.2. The van der Waals surface area contributed by atoms with Crippen molar-refractivity contribution < 1.29 is 9.52 Å². The number of rotatable bonds is 4. The molecule has 0 bridgehead atoms. The largest absolute Gasteiger partial charge is 0.463 e. The van der Waals surface area contributed by atoms with Crippen molar-refractivity contribution in [3.05, 3.63) is 45.0 Å². The minimum Gasteiger partial charge on any atom is -0.463 e. The van der Waals surface area contributed by atoms with E-state index < -0.39 is 6.10 Å². The first-order valence-corrected chi connectivity index (χ1v) is 6.39. The second-order valence-electron chi connectivity index (χ2n) is 3.58. The zero-order valence-electron chi connectivity index (χ0n) is 8.94. The van der Waals surface area contributed by atoms with Gasteiger partial charge >= 0.3 is 0 Å². The minimum atomic E-state index is -0.588. The molecule has 1 atom stereocenters. The molecule has 2 aromatic heterocycles. The predicted molar refractivity (Wildman–Crippen MR) is 66.1 cm³/mol. The van der Waals surface area contributed by atoms with Crippen LogP contribution in [0.5, 0.6) is 0 Å². The highest BCUT2D eigenvalue weighted by atomic mass is 35.5. The first-order valence-electron chi connectivity index (χ1n) is 5.20. The van der Waals surface area contributed by atoms with Crippen molar-refractivity contribution in [2.24, 2.45) is 0 Å². The Morgan fingerprint density at radius 3 is 2.75 bits per heavy atom. The molecule has 0 aliphatic rings. The fourth-order valence-electron chi connectivity index (χ4n) is 1.52. The molecule has 0 aromatic carbocycles. The van der Waals surface area contributed by atoms with Crippen LogP contribution in [0, 0.1) is 0 Å². The molecule has 0 saturated heterocycles. The van der Waals surface area contributed by atoms with Gasteiger partial charge in [-0.05, 0) is 24.3 Å². The summed E-state index contributed by atoms with van der Waals surface area (Å²) in [7, 11) is 0. The molecule has 2 rings (SSSR count). The predicted octanol–water partition coefficient (Wildman–Crippen LogP) is 3.83. The summed E-state index contributed by atoms with van der Waals surface area (Å²) in [5, 5.41) is 9.96. The fourth-order valence-corrected chi connectivity index (χ4v) is 2.64. The van der Waals surface area contributed by atoms with Crippen molar-refractivity contribution in [3.8, 4) is 0 Å². The molecule has 0 amide bonds. The van der Waals surface area contributed by atoms with Crippen LogP contribution in [-0.4, -0.2) is 5.11 Å². The highest BCUT2D eigenvalue weighted by Crippen LogP contribution is 2.27. The lowest BCUT2D eigenvalue weighted by Crippen LogP contribution is -1.98. The minimum absolute atomic E-state index is 0.550. The van der Waals surface area contributed by atoms with E-state index in [0.717, 1.165) is 21.4 Å². The van der Waals surface area contributed by atoms with Gasteiger partial charge in [-0.1, -0.05) is 18.5 Å². The van der Waals surface area contributed by atoms with E-state index in [1.54, 1.807) is 0 Å². The molecule has 2 nitrogen and oxygen atoms in total. The number of thiophene rings is 1. The summed E-state index contributed by atoms with van der Waals surface area (Å²) in [4.78, 5) is 1.06. The first-order chi connectivity index (χ1) is 7.69. The summed E-state index contributed by atoms with van der Waals surface area (Å²) < 4.78 is 6.24. The van der Waals surface area contributed by atoms with Crippen molar-refractivity contribution in [2.75, 3.05) is 0 Å². The van der Waals surface area contributed by atoms with Gasteiger partial charge in [-0.15, -0.1) is 11.3 Å². The van der Waals surface area contributed by atoms with Gasteiger partial charge in [-0.2, -0.15) is 0 Å². The van der Waals surface area contributed by atoms with Crippen LogP contribution in [0.25, 0.3) is 0 Å². The van der Waals surface area contributed by atoms with E-state index in [4.69, 9.17) is 16.0 Å². The van der Waals surface area contributed by atoms with Crippen LogP contribution in [0.2, 0.25) is 4.34 Å². The van der Waals surface area contributed by atoms with Gasteiger partial charge in [-0.25, -0.2) is 0 Å². The Labute approximate surface area is 103 Å². The zero-order valence-corrected chi connectivity index (χ0v) is 10.5. The maximum absolute atomic E-state index is 9.96. The van der Waals surface area contributed by atoms with E-state index in [9.17, 15) is 5.11 Å². The van der Waals surface area contributed by atoms with Gasteiger partial charge in [0, 0.05) is 17.7 Å². The Morgan fingerprint density at radius 2 is 2.19 bits per heavy atom. The molecule has 4 heteroatoms. The molecular weight excluding hydrogens is 244 g/mol. The van der Waals surface area contributed by atoms with E-state index in [-0.39, 0.29) is 0 Å². The second-order valence-corrected chi connectivity index (χ2v) is 5.38. The second kappa shape index (κ2) is 5.04. The van der Waals surface area contributed by atoms with Crippen LogP contribution in [0.15, 0.2) is 28.7 Å². The first kappa shape index (κ1) is 11.7. The topological polar surface area (TPSA) is 33.4 Å². The number of aliphatic hydroxyl groups is 1. The van der Waals surface area contributed by atoms with Gasteiger partial charge in [0.1, 0.15) is 17.6 Å². The van der Waals surface area contributed by atoms with Gasteiger partial charge in [0.05, 0.1) is 4.34 Å². The van der Waals surface area contributed by atoms with E-state index in [0.29, 0.717) is 12.2 Å². The van der Waals surface area contributed by atoms with Gasteiger partial charge in [0.25, 0.3) is 0 Å². The monoisotopic (exact) mass is 256 g/mol. The van der Waals surface area contributed by atoms with E-state index in [2.05, 4.69) is 0 Å². The number of halogens is 1. The van der Waals surface area contributed by atoms with Crippen molar-refractivity contribution in [1.29, 1.82) is 0 Å². The summed E-state index contributed by atoms with van der Waals surface area (Å²) in [6.07, 6.45) is 0.807. The molecule has 86 valence electrons. The normalized spacial score (nSPS) is 12.9. The van der Waals surface area contributed by atoms with Crippen molar-refractivity contribution in [3.63, 3.8) is 0 Å². The van der Waals surface area contributed by atoms with Crippen LogP contribution in [0.1, 0.15) is 29.4 Å². The van der Waals surface area contributed by atoms with Gasteiger partial charge in [0.2, 0.25) is 0 Å². The van der Waals surface area contributed by atoms with Crippen LogP contribution < -0.4 is 0 Å². The molecule has 0 aliphatic carbocycles. The third-order valence-corrected chi connectivity index (χ3v) is 3.64. The van der Waals surface area contributed by atoms with Crippen molar-refractivity contribution >= 4 is 22.9 Å². The van der Waals surface area contributed by atoms with E-state index >= 15 is 0 Å². The smallest absolute Gasteiger partial charge is 0.133 e. The van der Waals surface area contributed by atoms with Gasteiger partial charge < -0.3 is 9.52 Å². The standard InChI is InChI=1S/C12H13ClO2S/c1-2-8-3-5-11(15-8)10(14)7-9-4-6-12(13)16-9/h3-6,10,14H,2,7H2,1H3. The summed E-state index contributed by atoms with van der Waals surface area (Å²) in [5.74, 6) is 1.53. The highest BCUT2D eigenvalue weighted by Gasteiger charge is 2.13. The Bertz CT molecular complexity index is 461. The molecule has 0 radical (unpaired) electrons. The third kappa shape index (κ3) is 2.67. The summed E-state index contributed by atoms with van der Waals surface area (Å²) in [5.41, 5.74) is 0. The molecule has 0 saturated carbocycles. The van der Waals surface area contributed by atoms with E-state index in [1.807, 2.05) is 31.2 Å². The zero-order chi connectivity index (χ0) is 11.5. The number of hydrogen-bond donors (Lipinski definition) is 1. The maximum atomic E-state index is 9.96. The molecule has 1 unspecified atom stereocenters. The van der Waals surface area contributed by atoms with Crippen molar-refractivity contribution in [1.82, 2.24) is 0 Å². The Balaban J connectivity index is 2.05. The summed E-state index contributed by atoms with van der Waals surface area (Å²) in [6.45, 7) is 2.02.